The molecule has 0 radical (unpaired) electrons. The lowest BCUT2D eigenvalue weighted by Crippen LogP contribution is -2.55. The van der Waals surface area contributed by atoms with Crippen molar-refractivity contribution < 1.29 is 22.4 Å². The van der Waals surface area contributed by atoms with Gasteiger partial charge in [0.25, 0.3) is 0 Å². The number of rotatable bonds is 8. The lowest BCUT2D eigenvalue weighted by Gasteiger charge is -2.41. The van der Waals surface area contributed by atoms with Crippen molar-refractivity contribution in [1.29, 1.82) is 5.26 Å². The van der Waals surface area contributed by atoms with Crippen molar-refractivity contribution >= 4 is 5.91 Å². The van der Waals surface area contributed by atoms with Crippen LogP contribution in [0.1, 0.15) is 44.2 Å². The van der Waals surface area contributed by atoms with Crippen LogP contribution in [0.25, 0.3) is 11.1 Å². The largest absolute Gasteiger partial charge is 0.408 e. The van der Waals surface area contributed by atoms with Crippen molar-refractivity contribution in [2.75, 3.05) is 0 Å². The number of alkyl halides is 3. The van der Waals surface area contributed by atoms with Gasteiger partial charge in [-0.3, -0.25) is 9.69 Å². The zero-order valence-corrected chi connectivity index (χ0v) is 17.0. The van der Waals surface area contributed by atoms with Gasteiger partial charge in [-0.25, -0.2) is 4.39 Å². The lowest BCUT2D eigenvalue weighted by molar-refractivity contribution is -0.199. The molecule has 0 aromatic heterocycles. The number of carbonyl (C=O) groups is 1. The molecule has 1 saturated carbocycles. The summed E-state index contributed by atoms with van der Waals surface area (Å²) in [5.41, 5.74) is 5.31. The number of amides is 1. The van der Waals surface area contributed by atoms with Crippen LogP contribution in [-0.4, -0.2) is 28.6 Å². The van der Waals surface area contributed by atoms with E-state index >= 15 is 0 Å². The molecular weight excluding hydrogens is 410 g/mol. The van der Waals surface area contributed by atoms with Gasteiger partial charge in [0.1, 0.15) is 17.4 Å². The average Bonchev–Trinajstić information content (AvgIpc) is 3.51. The third kappa shape index (κ3) is 4.72. The summed E-state index contributed by atoms with van der Waals surface area (Å²) in [6, 6.07) is 9.96. The van der Waals surface area contributed by atoms with E-state index in [4.69, 9.17) is 5.73 Å². The number of nitrogens with two attached hydrogens (primary N) is 1. The molecule has 2 aromatic rings. The quantitative estimate of drug-likeness (QED) is 0.589. The van der Waals surface area contributed by atoms with Gasteiger partial charge in [0.15, 0.2) is 0 Å². The molecule has 31 heavy (non-hydrogen) atoms. The van der Waals surface area contributed by atoms with Crippen LogP contribution in [0.2, 0.25) is 0 Å². The average molecular weight is 433 g/mol. The highest BCUT2D eigenvalue weighted by Crippen LogP contribution is 2.51. The maximum Gasteiger partial charge on any atom is 0.408 e. The highest BCUT2D eigenvalue weighted by atomic mass is 19.4. The molecule has 164 valence electrons. The number of carbonyl (C=O) groups excluding carboxylic acids is 1. The highest BCUT2D eigenvalue weighted by molar-refractivity contribution is 5.80. The van der Waals surface area contributed by atoms with Crippen molar-refractivity contribution in [1.82, 2.24) is 4.90 Å². The summed E-state index contributed by atoms with van der Waals surface area (Å²) >= 11 is 0. The fourth-order valence-electron chi connectivity index (χ4n) is 3.97. The number of nitrogens with zero attached hydrogens (tertiary/aromatic N) is 2. The molecule has 2 atom stereocenters. The minimum atomic E-state index is -4.73. The second kappa shape index (κ2) is 8.67. The van der Waals surface area contributed by atoms with Gasteiger partial charge >= 0.3 is 6.18 Å². The van der Waals surface area contributed by atoms with Gasteiger partial charge in [-0.2, -0.15) is 18.4 Å². The fourth-order valence-corrected chi connectivity index (χ4v) is 3.97. The summed E-state index contributed by atoms with van der Waals surface area (Å²) < 4.78 is 56.2. The predicted molar refractivity (Wildman–Crippen MR) is 108 cm³/mol. The molecule has 0 saturated heterocycles. The molecular formula is C23H23F4N3O. The van der Waals surface area contributed by atoms with Crippen LogP contribution in [-0.2, 0) is 4.79 Å². The first kappa shape index (κ1) is 22.8. The summed E-state index contributed by atoms with van der Waals surface area (Å²) in [6.45, 7) is 1.75. The van der Waals surface area contributed by atoms with E-state index in [-0.39, 0.29) is 24.8 Å². The molecule has 3 rings (SSSR count). The number of hydrogen-bond donors (Lipinski definition) is 1. The Bertz CT molecular complexity index is 960. The highest BCUT2D eigenvalue weighted by Gasteiger charge is 2.60. The SMILES string of the molecule is CCC[C@@H](C(N)=O)N([C@@H](c1ccc(-c2ccc(F)cc2)cc1)C(F)(F)F)C1(C#N)CC1. The molecule has 1 aliphatic carbocycles. The Morgan fingerprint density at radius 1 is 1.13 bits per heavy atom. The summed E-state index contributed by atoms with van der Waals surface area (Å²) in [7, 11) is 0. The molecule has 0 heterocycles. The van der Waals surface area contributed by atoms with Crippen LogP contribution in [0.5, 0.6) is 0 Å². The molecule has 4 nitrogen and oxygen atoms in total. The number of hydrogen-bond acceptors (Lipinski definition) is 3. The van der Waals surface area contributed by atoms with E-state index in [1.165, 1.54) is 48.5 Å². The van der Waals surface area contributed by atoms with Gasteiger partial charge in [-0.1, -0.05) is 49.7 Å². The van der Waals surface area contributed by atoms with Crippen LogP contribution in [0.3, 0.4) is 0 Å². The third-order valence-electron chi connectivity index (χ3n) is 5.64. The molecule has 2 N–H and O–H groups in total. The normalized spacial score (nSPS) is 17.1. The Labute approximate surface area is 178 Å². The standard InChI is InChI=1S/C23H23F4N3O/c1-2-3-19(21(29)31)30(22(14-28)12-13-22)20(23(25,26)27)17-6-4-15(5-7-17)16-8-10-18(24)11-9-16/h4-11,19-20H,2-3,12-13H2,1H3,(H2,29,31)/t19-,20-/m0/s1. The topological polar surface area (TPSA) is 70.1 Å². The zero-order valence-electron chi connectivity index (χ0n) is 17.0. The minimum Gasteiger partial charge on any atom is -0.368 e. The summed E-state index contributed by atoms with van der Waals surface area (Å²) in [5.74, 6) is -1.28. The number of nitriles is 1. The van der Waals surface area contributed by atoms with E-state index in [0.29, 0.717) is 17.5 Å². The molecule has 1 aliphatic rings. The van der Waals surface area contributed by atoms with Crippen molar-refractivity contribution in [3.8, 4) is 17.2 Å². The van der Waals surface area contributed by atoms with Gasteiger partial charge in [0.05, 0.1) is 12.1 Å². The first-order valence-electron chi connectivity index (χ1n) is 10.0. The first-order chi connectivity index (χ1) is 14.6. The summed E-state index contributed by atoms with van der Waals surface area (Å²) in [5, 5.41) is 9.66. The Hall–Kier alpha value is -2.92. The van der Waals surface area contributed by atoms with Crippen LogP contribution in [0, 0.1) is 17.1 Å². The third-order valence-corrected chi connectivity index (χ3v) is 5.64. The Kier molecular flexibility index (Phi) is 6.37. The molecule has 0 bridgehead atoms. The first-order valence-corrected chi connectivity index (χ1v) is 10.0. The van der Waals surface area contributed by atoms with Gasteiger partial charge in [-0.15, -0.1) is 0 Å². The van der Waals surface area contributed by atoms with Crippen molar-refractivity contribution in [3.63, 3.8) is 0 Å². The zero-order chi connectivity index (χ0) is 22.8. The molecule has 8 heteroatoms. The Balaban J connectivity index is 2.06. The van der Waals surface area contributed by atoms with Crippen LogP contribution >= 0.6 is 0 Å². The van der Waals surface area contributed by atoms with Crippen molar-refractivity contribution in [2.45, 2.75) is 56.4 Å². The molecule has 0 unspecified atom stereocenters. The fraction of sp³-hybridized carbons (Fsp3) is 0.391. The number of halogens is 4. The number of primary amides is 1. The molecule has 1 fully saturated rings. The van der Waals surface area contributed by atoms with E-state index in [1.807, 2.05) is 6.07 Å². The van der Waals surface area contributed by atoms with Gasteiger partial charge in [0.2, 0.25) is 5.91 Å². The minimum absolute atomic E-state index is 0.0813. The van der Waals surface area contributed by atoms with Gasteiger partial charge in [0, 0.05) is 0 Å². The second-order valence-electron chi connectivity index (χ2n) is 7.83. The monoisotopic (exact) mass is 433 g/mol. The van der Waals surface area contributed by atoms with E-state index in [1.54, 1.807) is 6.92 Å². The Morgan fingerprint density at radius 3 is 2.03 bits per heavy atom. The maximum atomic E-state index is 14.3. The van der Waals surface area contributed by atoms with Crippen molar-refractivity contribution in [2.24, 2.45) is 5.73 Å². The predicted octanol–water partition coefficient (Wildman–Crippen LogP) is 5.11. The Morgan fingerprint density at radius 2 is 1.65 bits per heavy atom. The molecule has 0 aliphatic heterocycles. The van der Waals surface area contributed by atoms with E-state index < -0.39 is 35.5 Å². The maximum absolute atomic E-state index is 14.3. The summed E-state index contributed by atoms with van der Waals surface area (Å²) in [4.78, 5) is 13.1. The molecule has 0 spiro atoms. The summed E-state index contributed by atoms with van der Waals surface area (Å²) in [6.07, 6.45) is -3.67. The number of benzene rings is 2. The van der Waals surface area contributed by atoms with Crippen LogP contribution in [0.15, 0.2) is 48.5 Å². The van der Waals surface area contributed by atoms with E-state index in [2.05, 4.69) is 0 Å². The van der Waals surface area contributed by atoms with Crippen molar-refractivity contribution in [3.05, 3.63) is 59.9 Å². The van der Waals surface area contributed by atoms with E-state index in [9.17, 15) is 27.6 Å². The van der Waals surface area contributed by atoms with Gasteiger partial charge < -0.3 is 5.73 Å². The second-order valence-corrected chi connectivity index (χ2v) is 7.83. The van der Waals surface area contributed by atoms with Crippen LogP contribution in [0.4, 0.5) is 17.6 Å². The molecule has 1 amide bonds. The molecule has 2 aromatic carbocycles. The van der Waals surface area contributed by atoms with Crippen LogP contribution < -0.4 is 5.73 Å². The smallest absolute Gasteiger partial charge is 0.368 e. The van der Waals surface area contributed by atoms with Gasteiger partial charge in [-0.05, 0) is 48.1 Å². The lowest BCUT2D eigenvalue weighted by atomic mass is 9.95. The van der Waals surface area contributed by atoms with E-state index in [0.717, 1.165) is 4.90 Å².